The fourth-order valence-electron chi connectivity index (χ4n) is 12.0. The van der Waals surface area contributed by atoms with Crippen molar-refractivity contribution in [1.82, 2.24) is 19.7 Å². The lowest BCUT2D eigenvalue weighted by atomic mass is 9.77. The minimum atomic E-state index is -1.86. The van der Waals surface area contributed by atoms with Crippen molar-refractivity contribution < 1.29 is 73.1 Å². The number of hydrogen-bond acceptors (Lipinski definition) is 19. The predicted molar refractivity (Wildman–Crippen MR) is 294 cm³/mol. The van der Waals surface area contributed by atoms with Crippen LogP contribution >= 0.6 is 0 Å². The molecule has 5 rings (SSSR count). The number of nitrogens with one attached hydrogen (secondary N) is 2. The Kier molecular flexibility index (Phi) is 23.1. The van der Waals surface area contributed by atoms with Crippen molar-refractivity contribution in [3.63, 3.8) is 0 Å². The van der Waals surface area contributed by atoms with Crippen LogP contribution in [0.15, 0.2) is 29.2 Å². The Hall–Kier alpha value is -3.84. The first-order valence-electron chi connectivity index (χ1n) is 28.1. The molecule has 7 N–H and O–H groups in total. The molecular weight excluding hydrogens is 1010 g/mol. The van der Waals surface area contributed by atoms with Crippen LogP contribution in [0.3, 0.4) is 0 Å². The van der Waals surface area contributed by atoms with Gasteiger partial charge in [0.1, 0.15) is 35.1 Å². The number of fused-ring (bicyclic) bond motifs is 1. The van der Waals surface area contributed by atoms with E-state index >= 15 is 0 Å². The number of cyclic esters (lactones) is 1. The first-order valence-corrected chi connectivity index (χ1v) is 28.1. The van der Waals surface area contributed by atoms with Crippen LogP contribution < -0.4 is 16.1 Å². The molecule has 4 heterocycles. The number of carbonyl (C=O) groups excluding carboxylic acids is 2. The number of ether oxygens (including phenoxy) is 7. The summed E-state index contributed by atoms with van der Waals surface area (Å²) in [4.78, 5) is 56.2. The van der Waals surface area contributed by atoms with Crippen molar-refractivity contribution in [3.05, 3.63) is 40.2 Å². The Morgan fingerprint density at radius 1 is 0.923 bits per heavy atom. The van der Waals surface area contributed by atoms with E-state index in [1.807, 2.05) is 64.7 Å². The molecule has 18 atom stereocenters. The predicted octanol–water partition coefficient (Wildman–Crippen LogP) is 4.36. The van der Waals surface area contributed by atoms with E-state index in [1.165, 1.54) is 20.2 Å². The average molecular weight is 1110 g/mol. The van der Waals surface area contributed by atoms with E-state index in [0.29, 0.717) is 50.0 Å². The topological polar surface area (TPSA) is 270 Å². The zero-order chi connectivity index (χ0) is 58.2. The number of aliphatic hydroxyl groups excluding tert-OH is 2. The van der Waals surface area contributed by atoms with E-state index in [-0.39, 0.29) is 49.3 Å². The molecule has 3 aliphatic rings. The smallest absolute Gasteiger partial charge is 0.341 e. The number of aromatic nitrogens is 1. The fraction of sp³-hybridized carbons (Fsp3) is 0.789. The molecule has 0 aliphatic carbocycles. The first kappa shape index (κ1) is 65.0. The number of unbranched alkanes of at least 4 members (excludes halogenated alkanes) is 1. The lowest BCUT2D eigenvalue weighted by Gasteiger charge is -2.49. The third kappa shape index (κ3) is 15.6. The number of carboxylic acids is 1. The SMILES string of the molecule is CC[C@H]1OC(=O)[C@H](C)[C@@H](O[C@H]2C[C@@](C)(OC)[C@@H](OC(=O)CCNCCCCNc3ccc4c(=O)c(C(=O)O)cn(CC)c4c3)[C@H](C)O2)[C@H](C)[C@@H](O[C@@H]2O[C@H](C)C[C@H](N(C)C)[C@H]2O)[C@](C)(O)C[C@@H](C)CN(C)[C@H](C)[C@@H](O)[C@]1(C)O. The molecule has 3 saturated heterocycles. The van der Waals surface area contributed by atoms with Gasteiger partial charge in [-0.25, -0.2) is 4.79 Å². The monoisotopic (exact) mass is 1110 g/mol. The van der Waals surface area contributed by atoms with Gasteiger partial charge in [-0.15, -0.1) is 0 Å². The van der Waals surface area contributed by atoms with Crippen molar-refractivity contribution in [3.8, 4) is 0 Å². The molecule has 1 aromatic carbocycles. The quantitative estimate of drug-likeness (QED) is 0.0761. The number of hydrogen-bond donors (Lipinski definition) is 7. The Bertz CT molecular complexity index is 2350. The number of aromatic carboxylic acids is 1. The van der Waals surface area contributed by atoms with Crippen molar-refractivity contribution >= 4 is 34.5 Å². The van der Waals surface area contributed by atoms with Gasteiger partial charge < -0.3 is 83.7 Å². The molecule has 1 aromatic heterocycles. The molecule has 2 aromatic rings. The minimum absolute atomic E-state index is 0.0559. The van der Waals surface area contributed by atoms with Gasteiger partial charge in [0.25, 0.3) is 0 Å². The number of pyridine rings is 1. The minimum Gasteiger partial charge on any atom is -0.477 e. The number of carboxylic acid groups (broad SMARTS) is 1. The second-order valence-electron chi connectivity index (χ2n) is 23.5. The normalized spacial score (nSPS) is 36.9. The Balaban J connectivity index is 1.29. The van der Waals surface area contributed by atoms with Gasteiger partial charge in [0.2, 0.25) is 5.43 Å². The second-order valence-corrected chi connectivity index (χ2v) is 23.5. The van der Waals surface area contributed by atoms with Gasteiger partial charge in [0.15, 0.2) is 18.7 Å². The van der Waals surface area contributed by atoms with Crippen LogP contribution in [-0.4, -0.2) is 203 Å². The molecule has 21 nitrogen and oxygen atoms in total. The third-order valence-electron chi connectivity index (χ3n) is 16.7. The molecule has 0 amide bonds. The van der Waals surface area contributed by atoms with Crippen molar-refractivity contribution in [2.75, 3.05) is 59.7 Å². The van der Waals surface area contributed by atoms with Crippen LogP contribution in [0, 0.1) is 17.8 Å². The molecule has 444 valence electrons. The lowest BCUT2D eigenvalue weighted by Crippen LogP contribution is -2.61. The summed E-state index contributed by atoms with van der Waals surface area (Å²) >= 11 is 0. The third-order valence-corrected chi connectivity index (χ3v) is 16.7. The van der Waals surface area contributed by atoms with E-state index in [1.54, 1.807) is 58.2 Å². The zero-order valence-corrected chi connectivity index (χ0v) is 49.0. The molecular formula is C57H95N5O16. The van der Waals surface area contributed by atoms with E-state index in [2.05, 4.69) is 10.6 Å². The molecule has 0 radical (unpaired) electrons. The summed E-state index contributed by atoms with van der Waals surface area (Å²) in [6.45, 7) is 22.0. The van der Waals surface area contributed by atoms with Crippen LogP contribution in [-0.2, 0) is 49.3 Å². The average Bonchev–Trinajstić information content (AvgIpc) is 3.37. The van der Waals surface area contributed by atoms with Gasteiger partial charge in [-0.05, 0) is 139 Å². The molecule has 3 aliphatic heterocycles. The van der Waals surface area contributed by atoms with E-state index < -0.39 is 113 Å². The maximum absolute atomic E-state index is 14.6. The number of rotatable bonds is 19. The number of likely N-dealkylation sites (N-methyl/N-ethyl adjacent to an activating group) is 2. The second kappa shape index (κ2) is 27.8. The number of aryl methyl sites for hydroxylation is 1. The van der Waals surface area contributed by atoms with Crippen LogP contribution in [0.5, 0.6) is 0 Å². The number of methoxy groups -OCH3 is 1. The number of esters is 2. The van der Waals surface area contributed by atoms with Gasteiger partial charge in [0, 0.05) is 75.0 Å². The summed E-state index contributed by atoms with van der Waals surface area (Å²) in [6.07, 6.45) is -5.88. The Morgan fingerprint density at radius 3 is 2.23 bits per heavy atom. The van der Waals surface area contributed by atoms with E-state index in [4.69, 9.17) is 33.2 Å². The van der Waals surface area contributed by atoms with Gasteiger partial charge in [-0.1, -0.05) is 20.8 Å². The maximum atomic E-state index is 14.6. The summed E-state index contributed by atoms with van der Waals surface area (Å²) < 4.78 is 46.6. The highest BCUT2D eigenvalue weighted by Crippen LogP contribution is 2.41. The number of nitrogens with zero attached hydrogens (tertiary/aromatic N) is 3. The van der Waals surface area contributed by atoms with E-state index in [0.717, 1.165) is 18.5 Å². The van der Waals surface area contributed by atoms with Gasteiger partial charge >= 0.3 is 17.9 Å². The summed E-state index contributed by atoms with van der Waals surface area (Å²) in [7, 11) is 7.10. The maximum Gasteiger partial charge on any atom is 0.341 e. The molecule has 78 heavy (non-hydrogen) atoms. The van der Waals surface area contributed by atoms with E-state index in [9.17, 15) is 44.7 Å². The van der Waals surface area contributed by atoms with Crippen LogP contribution in [0.25, 0.3) is 10.9 Å². The van der Waals surface area contributed by atoms with Crippen LogP contribution in [0.4, 0.5) is 5.69 Å². The summed E-state index contributed by atoms with van der Waals surface area (Å²) in [6, 6.07) is 4.36. The van der Waals surface area contributed by atoms with Crippen molar-refractivity contribution in [2.45, 2.75) is 218 Å². The van der Waals surface area contributed by atoms with Gasteiger partial charge in [-0.3, -0.25) is 14.4 Å². The molecule has 0 bridgehead atoms. The zero-order valence-electron chi connectivity index (χ0n) is 49.0. The Morgan fingerprint density at radius 2 is 1.60 bits per heavy atom. The molecule has 0 unspecified atom stereocenters. The van der Waals surface area contributed by atoms with Crippen LogP contribution in [0.1, 0.15) is 131 Å². The largest absolute Gasteiger partial charge is 0.477 e. The van der Waals surface area contributed by atoms with Crippen molar-refractivity contribution in [2.24, 2.45) is 17.8 Å². The van der Waals surface area contributed by atoms with Crippen LogP contribution in [0.2, 0.25) is 0 Å². The highest BCUT2D eigenvalue weighted by molar-refractivity contribution is 5.93. The van der Waals surface area contributed by atoms with Gasteiger partial charge in [-0.2, -0.15) is 0 Å². The fourth-order valence-corrected chi connectivity index (χ4v) is 12.0. The number of aliphatic hydroxyl groups is 4. The Labute approximate surface area is 461 Å². The highest BCUT2D eigenvalue weighted by Gasteiger charge is 2.54. The molecule has 21 heteroatoms. The number of carbonyl (C=O) groups is 3. The highest BCUT2D eigenvalue weighted by atomic mass is 16.7. The molecule has 3 fully saturated rings. The standard InChI is InChI=1S/C57H95N5O16/c1-16-43-57(11,71)49(66)36(7)61(14)30-32(3)28-55(9,70)50(78-54-47(65)42(60(12)13)26-33(4)73-54)34(5)48(35(6)53(69)75-43)77-45-29-56(10,72-15)51(37(8)74-45)76-44(63)22-25-58-23-18-19-24-59-38-20-21-39-41(27-38)62(17-2)31-40(46(39)64)52(67)68/h20-21,27,31-37,42-43,45,47-51,54,58-59,65-66,70-71H,16-19,22-26,28-30H2,1-15H3,(H,67,68)/t32-,33-,34+,35-,36-,37+,42+,43-,45+,47-,48+,49-,50-,51+,54+,55-,56-,57-/m1/s1. The van der Waals surface area contributed by atoms with Gasteiger partial charge in [0.05, 0.1) is 47.9 Å². The summed E-state index contributed by atoms with van der Waals surface area (Å²) in [5.41, 5.74) is -3.93. The summed E-state index contributed by atoms with van der Waals surface area (Å²) in [5, 5.41) is 64.6. The molecule has 0 saturated carbocycles. The first-order chi connectivity index (χ1) is 36.5. The molecule has 0 spiro atoms. The number of benzene rings is 1. The summed E-state index contributed by atoms with van der Waals surface area (Å²) in [5.74, 6) is -4.56. The van der Waals surface area contributed by atoms with Crippen molar-refractivity contribution in [1.29, 1.82) is 0 Å². The lowest BCUT2D eigenvalue weighted by molar-refractivity contribution is -0.318. The number of anilines is 1.